The van der Waals surface area contributed by atoms with Gasteiger partial charge in [0.1, 0.15) is 5.69 Å². The number of hydrogen-bond acceptors (Lipinski definition) is 4. The van der Waals surface area contributed by atoms with Gasteiger partial charge in [0, 0.05) is 12.2 Å². The van der Waals surface area contributed by atoms with Crippen LogP contribution in [0.25, 0.3) is 0 Å². The summed E-state index contributed by atoms with van der Waals surface area (Å²) in [5.41, 5.74) is -0.327. The highest BCUT2D eigenvalue weighted by Gasteiger charge is 2.29. The molecule has 0 aromatic carbocycles. The van der Waals surface area contributed by atoms with Crippen LogP contribution in [0.1, 0.15) is 43.1 Å². The topological polar surface area (TPSA) is 75.1 Å². The van der Waals surface area contributed by atoms with Crippen molar-refractivity contribution in [3.05, 3.63) is 23.2 Å². The molecule has 0 aliphatic heterocycles. The Morgan fingerprint density at radius 1 is 1.56 bits per heavy atom. The summed E-state index contributed by atoms with van der Waals surface area (Å²) in [5, 5.41) is 12.8. The number of amides is 1. The number of carbonyl (C=O) groups excluding carboxylic acids is 1. The summed E-state index contributed by atoms with van der Waals surface area (Å²) in [7, 11) is 0. The van der Waals surface area contributed by atoms with Gasteiger partial charge in [0.05, 0.1) is 5.60 Å². The Kier molecular flexibility index (Phi) is 3.82. The first-order valence-corrected chi connectivity index (χ1v) is 6.36. The summed E-state index contributed by atoms with van der Waals surface area (Å²) < 4.78 is 0. The molecule has 0 bridgehead atoms. The number of aliphatic hydroxyl groups is 1. The van der Waals surface area contributed by atoms with Gasteiger partial charge in [-0.1, -0.05) is 0 Å². The lowest BCUT2D eigenvalue weighted by Crippen LogP contribution is -2.42. The van der Waals surface area contributed by atoms with E-state index in [0.29, 0.717) is 12.8 Å². The second-order valence-corrected chi connectivity index (χ2v) is 5.29. The zero-order chi connectivity index (χ0) is 13.2. The number of halogens is 1. The second-order valence-electron chi connectivity index (χ2n) is 4.96. The van der Waals surface area contributed by atoms with Crippen LogP contribution in [-0.2, 0) is 0 Å². The molecule has 2 N–H and O–H groups in total. The van der Waals surface area contributed by atoms with Crippen molar-refractivity contribution in [3.8, 4) is 0 Å². The zero-order valence-electron chi connectivity index (χ0n) is 10.2. The van der Waals surface area contributed by atoms with Gasteiger partial charge in [0.2, 0.25) is 5.28 Å². The fourth-order valence-electron chi connectivity index (χ4n) is 2.10. The predicted octanol–water partition coefficient (Wildman–Crippen LogP) is 1.55. The number of aromatic nitrogens is 2. The molecule has 1 aliphatic rings. The maximum atomic E-state index is 11.9. The molecule has 0 saturated heterocycles. The molecule has 1 amide bonds. The largest absolute Gasteiger partial charge is 0.390 e. The molecule has 1 fully saturated rings. The van der Waals surface area contributed by atoms with Gasteiger partial charge in [0.25, 0.3) is 5.91 Å². The minimum absolute atomic E-state index is 0.0641. The van der Waals surface area contributed by atoms with E-state index in [-0.39, 0.29) is 22.9 Å². The lowest BCUT2D eigenvalue weighted by atomic mass is 9.83. The third-order valence-corrected chi connectivity index (χ3v) is 3.44. The zero-order valence-corrected chi connectivity index (χ0v) is 10.9. The molecule has 1 aromatic rings. The third-order valence-electron chi connectivity index (χ3n) is 3.26. The molecular formula is C12H16ClN3O2. The van der Waals surface area contributed by atoms with Gasteiger partial charge in [0.15, 0.2) is 0 Å². The minimum atomic E-state index is -0.598. The van der Waals surface area contributed by atoms with Crippen molar-refractivity contribution in [2.45, 2.75) is 44.2 Å². The van der Waals surface area contributed by atoms with Crippen LogP contribution < -0.4 is 5.32 Å². The molecule has 6 heteroatoms. The van der Waals surface area contributed by atoms with Crippen LogP contribution in [-0.4, -0.2) is 32.6 Å². The first kappa shape index (κ1) is 13.2. The van der Waals surface area contributed by atoms with Crippen LogP contribution in [0.2, 0.25) is 5.28 Å². The van der Waals surface area contributed by atoms with E-state index in [1.807, 2.05) is 6.92 Å². The Bertz CT molecular complexity index is 441. The molecule has 1 heterocycles. The maximum absolute atomic E-state index is 11.9. The van der Waals surface area contributed by atoms with Crippen molar-refractivity contribution in [2.24, 2.45) is 0 Å². The van der Waals surface area contributed by atoms with Gasteiger partial charge in [-0.2, -0.15) is 0 Å². The summed E-state index contributed by atoms with van der Waals surface area (Å²) in [6.45, 7) is 1.83. The Hall–Kier alpha value is -1.20. The summed E-state index contributed by atoms with van der Waals surface area (Å²) in [6, 6.07) is 1.62. The van der Waals surface area contributed by atoms with Crippen LogP contribution >= 0.6 is 11.6 Å². The highest BCUT2D eigenvalue weighted by atomic mass is 35.5. The van der Waals surface area contributed by atoms with Crippen molar-refractivity contribution < 1.29 is 9.90 Å². The summed E-state index contributed by atoms with van der Waals surface area (Å²) in [4.78, 5) is 19.5. The van der Waals surface area contributed by atoms with Crippen LogP contribution in [0.3, 0.4) is 0 Å². The number of rotatable bonds is 2. The smallest absolute Gasteiger partial charge is 0.270 e. The first-order valence-electron chi connectivity index (χ1n) is 5.98. The van der Waals surface area contributed by atoms with E-state index in [4.69, 9.17) is 11.6 Å². The summed E-state index contributed by atoms with van der Waals surface area (Å²) in [6.07, 6.45) is 4.40. The normalized spacial score (nSPS) is 27.8. The number of nitrogens with zero attached hydrogens (tertiary/aromatic N) is 2. The molecule has 0 radical (unpaired) electrons. The molecular weight excluding hydrogens is 254 g/mol. The highest BCUT2D eigenvalue weighted by molar-refractivity contribution is 6.28. The first-order chi connectivity index (χ1) is 8.46. The monoisotopic (exact) mass is 269 g/mol. The van der Waals surface area contributed by atoms with Gasteiger partial charge < -0.3 is 10.4 Å². The van der Waals surface area contributed by atoms with Crippen LogP contribution in [0.5, 0.6) is 0 Å². The minimum Gasteiger partial charge on any atom is -0.390 e. The fourth-order valence-corrected chi connectivity index (χ4v) is 2.25. The maximum Gasteiger partial charge on any atom is 0.270 e. The Morgan fingerprint density at radius 2 is 2.22 bits per heavy atom. The van der Waals surface area contributed by atoms with Crippen molar-refractivity contribution in [1.29, 1.82) is 0 Å². The van der Waals surface area contributed by atoms with Crippen LogP contribution in [0.4, 0.5) is 0 Å². The lowest BCUT2D eigenvalue weighted by Gasteiger charge is -2.33. The van der Waals surface area contributed by atoms with Crippen molar-refractivity contribution >= 4 is 17.5 Å². The molecule has 98 valence electrons. The molecule has 1 saturated carbocycles. The second kappa shape index (κ2) is 5.20. The highest BCUT2D eigenvalue weighted by Crippen LogP contribution is 2.27. The SMILES string of the molecule is C[C@]1(O)CC[C@H](NC(=O)c2ccnc(Cl)n2)CC1. The molecule has 1 aromatic heterocycles. The van der Waals surface area contributed by atoms with E-state index >= 15 is 0 Å². The third kappa shape index (κ3) is 3.40. The van der Waals surface area contributed by atoms with E-state index in [1.54, 1.807) is 0 Å². The van der Waals surface area contributed by atoms with Crippen LogP contribution in [0, 0.1) is 0 Å². The predicted molar refractivity (Wildman–Crippen MR) is 67.4 cm³/mol. The van der Waals surface area contributed by atoms with Crippen LogP contribution in [0.15, 0.2) is 12.3 Å². The standard InChI is InChI=1S/C12H16ClN3O2/c1-12(18)5-2-8(3-6-12)15-10(17)9-4-7-14-11(13)16-9/h4,7-8,18H,2-3,5-6H2,1H3,(H,15,17)/t8-,12-. The molecule has 5 nitrogen and oxygen atoms in total. The van der Waals surface area contributed by atoms with Crippen molar-refractivity contribution in [1.82, 2.24) is 15.3 Å². The van der Waals surface area contributed by atoms with Gasteiger partial charge in [-0.3, -0.25) is 4.79 Å². The number of hydrogen-bond donors (Lipinski definition) is 2. The molecule has 0 unspecified atom stereocenters. The van der Waals surface area contributed by atoms with Crippen molar-refractivity contribution in [3.63, 3.8) is 0 Å². The van der Waals surface area contributed by atoms with Gasteiger partial charge in [-0.05, 0) is 50.3 Å². The van der Waals surface area contributed by atoms with E-state index in [0.717, 1.165) is 12.8 Å². The van der Waals surface area contributed by atoms with E-state index < -0.39 is 5.60 Å². The van der Waals surface area contributed by atoms with Gasteiger partial charge in [-0.15, -0.1) is 0 Å². The average molecular weight is 270 g/mol. The van der Waals surface area contributed by atoms with E-state index in [9.17, 15) is 9.90 Å². The quantitative estimate of drug-likeness (QED) is 0.799. The Morgan fingerprint density at radius 3 is 2.83 bits per heavy atom. The van der Waals surface area contributed by atoms with E-state index in [1.165, 1.54) is 12.3 Å². The average Bonchev–Trinajstić information content (AvgIpc) is 2.32. The Balaban J connectivity index is 1.93. The van der Waals surface area contributed by atoms with Gasteiger partial charge >= 0.3 is 0 Å². The molecule has 0 atom stereocenters. The summed E-state index contributed by atoms with van der Waals surface area (Å²) >= 11 is 5.63. The van der Waals surface area contributed by atoms with E-state index in [2.05, 4.69) is 15.3 Å². The summed E-state index contributed by atoms with van der Waals surface area (Å²) in [5.74, 6) is -0.245. The number of nitrogens with one attached hydrogen (secondary N) is 1. The van der Waals surface area contributed by atoms with Crippen molar-refractivity contribution in [2.75, 3.05) is 0 Å². The molecule has 0 spiro atoms. The van der Waals surface area contributed by atoms with Gasteiger partial charge in [-0.25, -0.2) is 9.97 Å². The molecule has 2 rings (SSSR count). The lowest BCUT2D eigenvalue weighted by molar-refractivity contribution is 0.0140. The number of carbonyl (C=O) groups is 1. The Labute approximate surface area is 111 Å². The molecule has 18 heavy (non-hydrogen) atoms. The fraction of sp³-hybridized carbons (Fsp3) is 0.583. The molecule has 1 aliphatic carbocycles.